The van der Waals surface area contributed by atoms with Gasteiger partial charge < -0.3 is 5.32 Å². The molecule has 0 aliphatic carbocycles. The molecule has 1 nitrogen and oxygen atoms in total. The molecule has 2 aromatic rings. The molecule has 0 fully saturated rings. The molecule has 1 atom stereocenters. The van der Waals surface area contributed by atoms with Gasteiger partial charge >= 0.3 is 0 Å². The Morgan fingerprint density at radius 3 is 2.52 bits per heavy atom. The molecule has 0 aliphatic heterocycles. The maximum Gasteiger partial charge on any atom is 0.127 e. The highest BCUT2D eigenvalue weighted by atomic mass is 79.9. The van der Waals surface area contributed by atoms with Gasteiger partial charge in [0.2, 0.25) is 0 Å². The van der Waals surface area contributed by atoms with Crippen molar-refractivity contribution in [1.82, 2.24) is 5.32 Å². The topological polar surface area (TPSA) is 12.0 Å². The summed E-state index contributed by atoms with van der Waals surface area (Å²) in [5.41, 5.74) is 1.91. The Bertz CT molecular complexity index is 603. The van der Waals surface area contributed by atoms with Crippen molar-refractivity contribution >= 4 is 27.5 Å². The van der Waals surface area contributed by atoms with E-state index in [1.54, 1.807) is 12.1 Å². The summed E-state index contributed by atoms with van der Waals surface area (Å²) in [4.78, 5) is 0. The lowest BCUT2D eigenvalue weighted by Gasteiger charge is -2.19. The van der Waals surface area contributed by atoms with E-state index in [0.717, 1.165) is 17.4 Å². The average molecular weight is 371 g/mol. The maximum absolute atomic E-state index is 13.9. The molecule has 1 unspecified atom stereocenters. The second-order valence-electron chi connectivity index (χ2n) is 4.99. The molecule has 0 heterocycles. The molecule has 0 amide bonds. The fraction of sp³-hybridized carbons (Fsp3) is 0.294. The molecular weight excluding hydrogens is 353 g/mol. The predicted molar refractivity (Wildman–Crippen MR) is 90.4 cm³/mol. The van der Waals surface area contributed by atoms with E-state index in [-0.39, 0.29) is 11.9 Å². The van der Waals surface area contributed by atoms with Crippen LogP contribution in [0.15, 0.2) is 46.9 Å². The normalized spacial score (nSPS) is 12.4. The first kappa shape index (κ1) is 16.5. The van der Waals surface area contributed by atoms with Crippen molar-refractivity contribution in [1.29, 1.82) is 0 Å². The SMILES string of the molecule is CCNC(Cc1ccc(Cl)cc1F)Cc1ccccc1Br. The number of likely N-dealkylation sites (N-methyl/N-ethyl adjacent to an activating group) is 1. The van der Waals surface area contributed by atoms with Gasteiger partial charge in [0.25, 0.3) is 0 Å². The minimum atomic E-state index is -0.238. The summed E-state index contributed by atoms with van der Waals surface area (Å²) < 4.78 is 15.0. The van der Waals surface area contributed by atoms with Gasteiger partial charge in [0, 0.05) is 15.5 Å². The van der Waals surface area contributed by atoms with Crippen LogP contribution in [0.25, 0.3) is 0 Å². The quantitative estimate of drug-likeness (QED) is 0.754. The molecule has 0 aliphatic rings. The van der Waals surface area contributed by atoms with Crippen LogP contribution in [0.5, 0.6) is 0 Å². The van der Waals surface area contributed by atoms with E-state index in [9.17, 15) is 4.39 Å². The molecule has 1 N–H and O–H groups in total. The van der Waals surface area contributed by atoms with Gasteiger partial charge in [0.15, 0.2) is 0 Å². The third kappa shape index (κ3) is 4.80. The number of benzene rings is 2. The molecule has 112 valence electrons. The zero-order valence-corrected chi connectivity index (χ0v) is 14.2. The van der Waals surface area contributed by atoms with Gasteiger partial charge in [-0.15, -0.1) is 0 Å². The van der Waals surface area contributed by atoms with Gasteiger partial charge in [0.1, 0.15) is 5.82 Å². The zero-order valence-electron chi connectivity index (χ0n) is 11.9. The highest BCUT2D eigenvalue weighted by molar-refractivity contribution is 9.10. The van der Waals surface area contributed by atoms with Gasteiger partial charge in [-0.05, 0) is 48.7 Å². The molecule has 0 spiro atoms. The van der Waals surface area contributed by atoms with Crippen LogP contribution in [-0.4, -0.2) is 12.6 Å². The van der Waals surface area contributed by atoms with Gasteiger partial charge in [0.05, 0.1) is 0 Å². The molecule has 0 radical (unpaired) electrons. The van der Waals surface area contributed by atoms with E-state index in [2.05, 4.69) is 34.2 Å². The fourth-order valence-corrected chi connectivity index (χ4v) is 2.99. The van der Waals surface area contributed by atoms with E-state index in [4.69, 9.17) is 11.6 Å². The van der Waals surface area contributed by atoms with Gasteiger partial charge in [-0.25, -0.2) is 4.39 Å². The van der Waals surface area contributed by atoms with Crippen molar-refractivity contribution < 1.29 is 4.39 Å². The monoisotopic (exact) mass is 369 g/mol. The van der Waals surface area contributed by atoms with Crippen LogP contribution in [0.1, 0.15) is 18.1 Å². The Morgan fingerprint density at radius 2 is 1.86 bits per heavy atom. The van der Waals surface area contributed by atoms with Crippen LogP contribution in [0.2, 0.25) is 5.02 Å². The van der Waals surface area contributed by atoms with Crippen LogP contribution in [0, 0.1) is 5.82 Å². The summed E-state index contributed by atoms with van der Waals surface area (Å²) in [5.74, 6) is -0.238. The number of halogens is 3. The molecule has 0 bridgehead atoms. The smallest absolute Gasteiger partial charge is 0.127 e. The summed E-state index contributed by atoms with van der Waals surface area (Å²) in [6.07, 6.45) is 1.48. The maximum atomic E-state index is 13.9. The second-order valence-corrected chi connectivity index (χ2v) is 6.28. The highest BCUT2D eigenvalue weighted by Crippen LogP contribution is 2.20. The molecule has 4 heteroatoms. The molecule has 21 heavy (non-hydrogen) atoms. The van der Waals surface area contributed by atoms with Crippen LogP contribution in [0.4, 0.5) is 4.39 Å². The third-order valence-corrected chi connectivity index (χ3v) is 4.41. The summed E-state index contributed by atoms with van der Waals surface area (Å²) >= 11 is 9.37. The van der Waals surface area contributed by atoms with Crippen LogP contribution in [-0.2, 0) is 12.8 Å². The second kappa shape index (κ2) is 7.92. The van der Waals surface area contributed by atoms with Gasteiger partial charge in [-0.3, -0.25) is 0 Å². The lowest BCUT2D eigenvalue weighted by atomic mass is 9.98. The Labute approximate surface area is 138 Å². The fourth-order valence-electron chi connectivity index (χ4n) is 2.39. The third-order valence-electron chi connectivity index (χ3n) is 3.40. The molecule has 2 aromatic carbocycles. The summed E-state index contributed by atoms with van der Waals surface area (Å²) in [6.45, 7) is 2.91. The standard InChI is InChI=1S/C17H18BrClFN/c1-2-21-15(9-12-5-3-4-6-16(12)18)10-13-7-8-14(19)11-17(13)20/h3-8,11,15,21H,2,9-10H2,1H3. The molecule has 0 saturated carbocycles. The molecule has 0 saturated heterocycles. The van der Waals surface area contributed by atoms with Gasteiger partial charge in [-0.2, -0.15) is 0 Å². The van der Waals surface area contributed by atoms with Crippen molar-refractivity contribution in [3.05, 3.63) is 68.9 Å². The first-order chi connectivity index (χ1) is 10.1. The van der Waals surface area contributed by atoms with Crippen molar-refractivity contribution in [2.75, 3.05) is 6.54 Å². The Kier molecular flexibility index (Phi) is 6.22. The molecular formula is C17H18BrClFN. The van der Waals surface area contributed by atoms with Crippen molar-refractivity contribution in [3.8, 4) is 0 Å². The summed E-state index contributed by atoms with van der Waals surface area (Å²) in [5, 5.41) is 3.86. The lowest BCUT2D eigenvalue weighted by molar-refractivity contribution is 0.505. The Morgan fingerprint density at radius 1 is 1.14 bits per heavy atom. The van der Waals surface area contributed by atoms with E-state index < -0.39 is 0 Å². The van der Waals surface area contributed by atoms with Crippen molar-refractivity contribution in [2.45, 2.75) is 25.8 Å². The zero-order chi connectivity index (χ0) is 15.2. The number of nitrogens with one attached hydrogen (secondary N) is 1. The van der Waals surface area contributed by atoms with Crippen molar-refractivity contribution in [3.63, 3.8) is 0 Å². The Balaban J connectivity index is 2.14. The van der Waals surface area contributed by atoms with Crippen LogP contribution in [0.3, 0.4) is 0 Å². The first-order valence-corrected chi connectivity index (χ1v) is 8.18. The molecule has 2 rings (SSSR count). The van der Waals surface area contributed by atoms with Crippen LogP contribution < -0.4 is 5.32 Å². The summed E-state index contributed by atoms with van der Waals surface area (Å²) in [7, 11) is 0. The van der Waals surface area contributed by atoms with E-state index >= 15 is 0 Å². The highest BCUT2D eigenvalue weighted by Gasteiger charge is 2.14. The van der Waals surface area contributed by atoms with E-state index in [0.29, 0.717) is 17.0 Å². The summed E-state index contributed by atoms with van der Waals surface area (Å²) in [6, 6.07) is 13.2. The van der Waals surface area contributed by atoms with E-state index in [1.807, 2.05) is 18.2 Å². The predicted octanol–water partition coefficient (Wildman–Crippen LogP) is 5.00. The first-order valence-electron chi connectivity index (χ1n) is 7.01. The van der Waals surface area contributed by atoms with Crippen LogP contribution >= 0.6 is 27.5 Å². The number of rotatable bonds is 6. The molecule has 0 aromatic heterocycles. The lowest BCUT2D eigenvalue weighted by Crippen LogP contribution is -2.33. The largest absolute Gasteiger partial charge is 0.314 e. The van der Waals surface area contributed by atoms with E-state index in [1.165, 1.54) is 11.6 Å². The Hall–Kier alpha value is -0.900. The van der Waals surface area contributed by atoms with Gasteiger partial charge in [-0.1, -0.05) is 58.7 Å². The number of hydrogen-bond donors (Lipinski definition) is 1. The average Bonchev–Trinajstić information content (AvgIpc) is 2.44. The number of hydrogen-bond acceptors (Lipinski definition) is 1. The minimum Gasteiger partial charge on any atom is -0.314 e. The minimum absolute atomic E-state index is 0.185. The van der Waals surface area contributed by atoms with Crippen molar-refractivity contribution in [2.24, 2.45) is 0 Å².